The molecule has 1 aliphatic rings. The van der Waals surface area contributed by atoms with Crippen LogP contribution in [0.15, 0.2) is 52.1 Å². The number of carbonyl (C=O) groups is 1. The SMILES string of the molecule is CCNC(=NCCCC(=O)N1CCc2ccccc21)NCCCOCc1ccco1.I. The van der Waals surface area contributed by atoms with E-state index in [2.05, 4.69) is 21.7 Å². The van der Waals surface area contributed by atoms with Crippen LogP contribution in [0.25, 0.3) is 0 Å². The maximum atomic E-state index is 12.6. The van der Waals surface area contributed by atoms with E-state index in [1.54, 1.807) is 6.26 Å². The number of benzene rings is 1. The van der Waals surface area contributed by atoms with Gasteiger partial charge in [0.05, 0.1) is 6.26 Å². The molecule has 7 nitrogen and oxygen atoms in total. The van der Waals surface area contributed by atoms with E-state index in [0.29, 0.717) is 26.2 Å². The van der Waals surface area contributed by atoms with E-state index in [4.69, 9.17) is 9.15 Å². The lowest BCUT2D eigenvalue weighted by molar-refractivity contribution is -0.118. The van der Waals surface area contributed by atoms with E-state index in [-0.39, 0.29) is 29.9 Å². The maximum absolute atomic E-state index is 12.6. The number of rotatable bonds is 11. The van der Waals surface area contributed by atoms with Gasteiger partial charge in [0, 0.05) is 44.9 Å². The molecule has 0 saturated carbocycles. The fraction of sp³-hybridized carbons (Fsp3) is 0.478. The molecule has 8 heteroatoms. The van der Waals surface area contributed by atoms with Gasteiger partial charge in [-0.25, -0.2) is 0 Å². The number of guanidine groups is 1. The van der Waals surface area contributed by atoms with Gasteiger partial charge in [0.1, 0.15) is 12.4 Å². The molecule has 0 spiro atoms. The number of anilines is 1. The van der Waals surface area contributed by atoms with Crippen LogP contribution in [0.2, 0.25) is 0 Å². The molecule has 0 bridgehead atoms. The zero-order valence-corrected chi connectivity index (χ0v) is 20.5. The van der Waals surface area contributed by atoms with Gasteiger partial charge in [0.2, 0.25) is 5.91 Å². The van der Waals surface area contributed by atoms with E-state index in [0.717, 1.165) is 56.3 Å². The van der Waals surface area contributed by atoms with Crippen LogP contribution >= 0.6 is 24.0 Å². The molecule has 0 saturated heterocycles. The highest BCUT2D eigenvalue weighted by Crippen LogP contribution is 2.27. The van der Waals surface area contributed by atoms with E-state index in [1.165, 1.54) is 5.56 Å². The minimum atomic E-state index is 0. The molecular formula is C23H33IN4O3. The number of amides is 1. The number of carbonyl (C=O) groups excluding carboxylic acids is 1. The van der Waals surface area contributed by atoms with Crippen molar-refractivity contribution in [1.29, 1.82) is 0 Å². The molecule has 1 aliphatic heterocycles. The van der Waals surface area contributed by atoms with Gasteiger partial charge in [0.15, 0.2) is 5.96 Å². The Labute approximate surface area is 201 Å². The average molecular weight is 540 g/mol. The lowest BCUT2D eigenvalue weighted by Gasteiger charge is -2.17. The van der Waals surface area contributed by atoms with E-state index >= 15 is 0 Å². The Hall–Kier alpha value is -2.07. The molecule has 0 aliphatic carbocycles. The predicted molar refractivity (Wildman–Crippen MR) is 134 cm³/mol. The van der Waals surface area contributed by atoms with Gasteiger partial charge < -0.3 is 24.7 Å². The van der Waals surface area contributed by atoms with Crippen LogP contribution < -0.4 is 15.5 Å². The number of hydrogen-bond donors (Lipinski definition) is 2. The van der Waals surface area contributed by atoms with Crippen molar-refractivity contribution < 1.29 is 13.9 Å². The van der Waals surface area contributed by atoms with Crippen LogP contribution in [0.1, 0.15) is 37.5 Å². The van der Waals surface area contributed by atoms with Crippen LogP contribution in [0.5, 0.6) is 0 Å². The Morgan fingerprint density at radius 1 is 1.19 bits per heavy atom. The number of fused-ring (bicyclic) bond motifs is 1. The number of aliphatic imine (C=N–C) groups is 1. The molecule has 2 heterocycles. The molecule has 0 atom stereocenters. The van der Waals surface area contributed by atoms with Gasteiger partial charge in [-0.2, -0.15) is 0 Å². The minimum Gasteiger partial charge on any atom is -0.467 e. The molecular weight excluding hydrogens is 507 g/mol. The van der Waals surface area contributed by atoms with Gasteiger partial charge in [-0.3, -0.25) is 9.79 Å². The fourth-order valence-electron chi connectivity index (χ4n) is 3.44. The van der Waals surface area contributed by atoms with Gasteiger partial charge in [-0.15, -0.1) is 24.0 Å². The van der Waals surface area contributed by atoms with Crippen LogP contribution in [-0.4, -0.2) is 44.7 Å². The molecule has 3 rings (SSSR count). The highest BCUT2D eigenvalue weighted by molar-refractivity contribution is 14.0. The van der Waals surface area contributed by atoms with Crippen LogP contribution in [0, 0.1) is 0 Å². The Bertz CT molecular complexity index is 811. The summed E-state index contributed by atoms with van der Waals surface area (Å²) in [5.74, 6) is 1.80. The summed E-state index contributed by atoms with van der Waals surface area (Å²) in [6, 6.07) is 11.9. The molecule has 2 aromatic rings. The molecule has 1 aromatic heterocycles. The van der Waals surface area contributed by atoms with Gasteiger partial charge in [0.25, 0.3) is 0 Å². The highest BCUT2D eigenvalue weighted by atomic mass is 127. The Morgan fingerprint density at radius 3 is 2.87 bits per heavy atom. The average Bonchev–Trinajstić information content (AvgIpc) is 3.43. The summed E-state index contributed by atoms with van der Waals surface area (Å²) in [4.78, 5) is 19.1. The summed E-state index contributed by atoms with van der Waals surface area (Å²) in [6.45, 7) is 6.16. The molecule has 0 unspecified atom stereocenters. The van der Waals surface area contributed by atoms with Crippen LogP contribution in [0.4, 0.5) is 5.69 Å². The predicted octanol–water partition coefficient (Wildman–Crippen LogP) is 3.73. The number of ether oxygens (including phenoxy) is 1. The van der Waals surface area contributed by atoms with Crippen LogP contribution in [0.3, 0.4) is 0 Å². The minimum absolute atomic E-state index is 0. The van der Waals surface area contributed by atoms with Gasteiger partial charge in [-0.05, 0) is 49.9 Å². The topological polar surface area (TPSA) is 79.1 Å². The summed E-state index contributed by atoms with van der Waals surface area (Å²) in [5.41, 5.74) is 2.32. The smallest absolute Gasteiger partial charge is 0.227 e. The maximum Gasteiger partial charge on any atom is 0.227 e. The summed E-state index contributed by atoms with van der Waals surface area (Å²) >= 11 is 0. The molecule has 0 fully saturated rings. The number of furan rings is 1. The summed E-state index contributed by atoms with van der Waals surface area (Å²) in [6.07, 6.45) is 4.72. The third-order valence-electron chi connectivity index (χ3n) is 4.93. The number of nitrogens with one attached hydrogen (secondary N) is 2. The van der Waals surface area contributed by atoms with Crippen molar-refractivity contribution in [1.82, 2.24) is 10.6 Å². The first-order chi connectivity index (χ1) is 14.8. The monoisotopic (exact) mass is 540 g/mol. The lowest BCUT2D eigenvalue weighted by atomic mass is 10.2. The number of hydrogen-bond acceptors (Lipinski definition) is 4. The standard InChI is InChI=1S/C23H32N4O3.HI/c1-2-24-23(26-14-7-16-29-18-20-9-6-17-30-20)25-13-5-11-22(28)27-15-12-19-8-3-4-10-21(19)27;/h3-4,6,8-10,17H,2,5,7,11-16,18H2,1H3,(H2,24,25,26);1H. The first-order valence-corrected chi connectivity index (χ1v) is 10.8. The number of nitrogens with zero attached hydrogens (tertiary/aromatic N) is 2. The first-order valence-electron chi connectivity index (χ1n) is 10.8. The zero-order chi connectivity index (χ0) is 21.0. The van der Waals surface area contributed by atoms with Gasteiger partial charge in [-0.1, -0.05) is 18.2 Å². The van der Waals surface area contributed by atoms with E-state index in [1.807, 2.05) is 42.2 Å². The third kappa shape index (κ3) is 8.17. The van der Waals surface area contributed by atoms with Crippen molar-refractivity contribution in [2.45, 2.75) is 39.2 Å². The van der Waals surface area contributed by atoms with Crippen molar-refractivity contribution >= 4 is 41.5 Å². The first kappa shape index (κ1) is 25.2. The number of para-hydroxylation sites is 1. The van der Waals surface area contributed by atoms with Crippen molar-refractivity contribution in [3.8, 4) is 0 Å². The van der Waals surface area contributed by atoms with Crippen molar-refractivity contribution in [3.05, 3.63) is 54.0 Å². The normalized spacial score (nSPS) is 12.9. The molecule has 2 N–H and O–H groups in total. The summed E-state index contributed by atoms with van der Waals surface area (Å²) in [5, 5.41) is 6.55. The Kier molecular flexibility index (Phi) is 11.4. The summed E-state index contributed by atoms with van der Waals surface area (Å²) in [7, 11) is 0. The fourth-order valence-corrected chi connectivity index (χ4v) is 3.44. The van der Waals surface area contributed by atoms with E-state index in [9.17, 15) is 4.79 Å². The second-order valence-corrected chi connectivity index (χ2v) is 7.20. The quantitative estimate of drug-likeness (QED) is 0.197. The second kappa shape index (κ2) is 14.1. The second-order valence-electron chi connectivity index (χ2n) is 7.20. The van der Waals surface area contributed by atoms with Gasteiger partial charge >= 0.3 is 0 Å². The lowest BCUT2D eigenvalue weighted by Crippen LogP contribution is -2.38. The van der Waals surface area contributed by atoms with Crippen molar-refractivity contribution in [2.24, 2.45) is 4.99 Å². The largest absolute Gasteiger partial charge is 0.467 e. The van der Waals surface area contributed by atoms with E-state index < -0.39 is 0 Å². The van der Waals surface area contributed by atoms with Crippen LogP contribution in [-0.2, 0) is 22.6 Å². The zero-order valence-electron chi connectivity index (χ0n) is 18.1. The summed E-state index contributed by atoms with van der Waals surface area (Å²) < 4.78 is 10.8. The molecule has 1 amide bonds. The Morgan fingerprint density at radius 2 is 2.06 bits per heavy atom. The van der Waals surface area contributed by atoms with Crippen molar-refractivity contribution in [3.63, 3.8) is 0 Å². The molecule has 1 aromatic carbocycles. The van der Waals surface area contributed by atoms with Crippen molar-refractivity contribution in [2.75, 3.05) is 37.7 Å². The molecule has 0 radical (unpaired) electrons. The Balaban J connectivity index is 0.00000341. The third-order valence-corrected chi connectivity index (χ3v) is 4.93. The molecule has 31 heavy (non-hydrogen) atoms. The number of halogens is 1. The highest BCUT2D eigenvalue weighted by Gasteiger charge is 2.23. The molecule has 170 valence electrons.